The van der Waals surface area contributed by atoms with E-state index in [4.69, 9.17) is 4.74 Å². The molecule has 212 valence electrons. The second-order valence-corrected chi connectivity index (χ2v) is 10.1. The number of nitrogens with one attached hydrogen (secondary N) is 3. The molecular formula is C31H34FN7O2. The molecule has 10 heteroatoms. The number of ether oxygens (including phenoxy) is 1. The van der Waals surface area contributed by atoms with Gasteiger partial charge in [-0.2, -0.15) is 4.98 Å². The molecule has 0 bridgehead atoms. The summed E-state index contributed by atoms with van der Waals surface area (Å²) < 4.78 is 20.0. The molecule has 0 spiro atoms. The summed E-state index contributed by atoms with van der Waals surface area (Å²) >= 11 is 0. The smallest absolute Gasteiger partial charge is 0.247 e. The Morgan fingerprint density at radius 3 is 2.56 bits per heavy atom. The van der Waals surface area contributed by atoms with Gasteiger partial charge in [-0.1, -0.05) is 12.6 Å². The molecule has 3 N–H and O–H groups in total. The maximum absolute atomic E-state index is 14.2. The molecule has 1 amide bonds. The second-order valence-electron chi connectivity index (χ2n) is 10.1. The number of amides is 1. The van der Waals surface area contributed by atoms with E-state index < -0.39 is 5.82 Å². The van der Waals surface area contributed by atoms with Crippen LogP contribution in [0.2, 0.25) is 0 Å². The van der Waals surface area contributed by atoms with Gasteiger partial charge in [-0.15, -0.1) is 0 Å². The van der Waals surface area contributed by atoms with E-state index in [0.29, 0.717) is 51.5 Å². The quantitative estimate of drug-likeness (QED) is 0.219. The summed E-state index contributed by atoms with van der Waals surface area (Å²) in [4.78, 5) is 25.7. The Balaban J connectivity index is 1.42. The van der Waals surface area contributed by atoms with Crippen molar-refractivity contribution in [2.24, 2.45) is 0 Å². The van der Waals surface area contributed by atoms with Crippen LogP contribution in [0.3, 0.4) is 0 Å². The van der Waals surface area contributed by atoms with Crippen LogP contribution in [0, 0.1) is 5.82 Å². The standard InChI is InChI=1S/C31H34FN7O2/c1-5-29(40)33-21-7-6-8-22(18-21)34-30-25-17-20(32)9-11-26(25)35-31(37-30)36-27-12-10-24(19-28(27)41-4)39-15-13-23(14-16-39)38(2)3/h5-12,17-19,23H,1,13-16H2,2-4H3,(H,33,40)(H2,34,35,36,37). The van der Waals surface area contributed by atoms with Crippen LogP contribution in [0.4, 0.5) is 38.9 Å². The van der Waals surface area contributed by atoms with E-state index in [2.05, 4.69) is 62.5 Å². The third-order valence-corrected chi connectivity index (χ3v) is 7.23. The number of carbonyl (C=O) groups excluding carboxylic acids is 1. The van der Waals surface area contributed by atoms with Gasteiger partial charge in [0.25, 0.3) is 0 Å². The van der Waals surface area contributed by atoms with Crippen molar-refractivity contribution in [3.8, 4) is 5.75 Å². The van der Waals surface area contributed by atoms with Crippen LogP contribution in [0.5, 0.6) is 5.75 Å². The number of hydrogen-bond donors (Lipinski definition) is 3. The summed E-state index contributed by atoms with van der Waals surface area (Å²) in [5.74, 6) is 0.675. The van der Waals surface area contributed by atoms with E-state index in [-0.39, 0.29) is 5.91 Å². The minimum Gasteiger partial charge on any atom is -0.494 e. The molecule has 1 fully saturated rings. The number of halogens is 1. The number of piperidine rings is 1. The molecule has 1 aliphatic heterocycles. The number of hydrogen-bond acceptors (Lipinski definition) is 8. The number of fused-ring (bicyclic) bond motifs is 1. The van der Waals surface area contributed by atoms with Crippen molar-refractivity contribution >= 4 is 51.3 Å². The van der Waals surface area contributed by atoms with Gasteiger partial charge in [0.05, 0.1) is 18.3 Å². The summed E-state index contributed by atoms with van der Waals surface area (Å²) in [5, 5.41) is 9.78. The number of carbonyl (C=O) groups is 1. The third-order valence-electron chi connectivity index (χ3n) is 7.23. The average Bonchev–Trinajstić information content (AvgIpc) is 2.98. The molecule has 0 atom stereocenters. The molecule has 0 radical (unpaired) electrons. The van der Waals surface area contributed by atoms with Crippen LogP contribution in [0.15, 0.2) is 73.3 Å². The lowest BCUT2D eigenvalue weighted by Crippen LogP contribution is -2.41. The van der Waals surface area contributed by atoms with Gasteiger partial charge < -0.3 is 30.5 Å². The molecule has 9 nitrogen and oxygen atoms in total. The lowest BCUT2D eigenvalue weighted by atomic mass is 10.0. The molecule has 41 heavy (non-hydrogen) atoms. The Morgan fingerprint density at radius 2 is 1.83 bits per heavy atom. The van der Waals surface area contributed by atoms with Crippen molar-refractivity contribution in [1.29, 1.82) is 0 Å². The van der Waals surface area contributed by atoms with Crippen LogP contribution < -0.4 is 25.6 Å². The zero-order chi connectivity index (χ0) is 28.9. The van der Waals surface area contributed by atoms with E-state index in [0.717, 1.165) is 31.6 Å². The number of methoxy groups -OCH3 is 1. The van der Waals surface area contributed by atoms with Crippen molar-refractivity contribution < 1.29 is 13.9 Å². The largest absolute Gasteiger partial charge is 0.494 e. The first-order chi connectivity index (χ1) is 19.8. The van der Waals surface area contributed by atoms with E-state index in [1.165, 1.54) is 18.2 Å². The molecule has 0 aliphatic carbocycles. The number of anilines is 6. The zero-order valence-corrected chi connectivity index (χ0v) is 23.4. The van der Waals surface area contributed by atoms with Crippen molar-refractivity contribution in [3.63, 3.8) is 0 Å². The molecule has 2 heterocycles. The summed E-state index contributed by atoms with van der Waals surface area (Å²) in [5.41, 5.74) is 3.61. The van der Waals surface area contributed by atoms with Gasteiger partial charge in [-0.25, -0.2) is 9.37 Å². The lowest BCUT2D eigenvalue weighted by Gasteiger charge is -2.36. The second kappa shape index (κ2) is 12.2. The van der Waals surface area contributed by atoms with E-state index in [1.807, 2.05) is 18.2 Å². The van der Waals surface area contributed by atoms with Crippen LogP contribution in [0.25, 0.3) is 10.9 Å². The number of rotatable bonds is 9. The van der Waals surface area contributed by atoms with E-state index in [1.54, 1.807) is 31.4 Å². The highest BCUT2D eigenvalue weighted by molar-refractivity contribution is 5.99. The summed E-state index contributed by atoms with van der Waals surface area (Å²) in [6, 6.07) is 18.2. The zero-order valence-electron chi connectivity index (χ0n) is 23.4. The average molecular weight is 556 g/mol. The molecular weight excluding hydrogens is 521 g/mol. The van der Waals surface area contributed by atoms with Crippen molar-refractivity contribution in [1.82, 2.24) is 14.9 Å². The minimum atomic E-state index is -0.399. The topological polar surface area (TPSA) is 94.6 Å². The third kappa shape index (κ3) is 6.55. The first kappa shape index (κ1) is 27.9. The monoisotopic (exact) mass is 555 g/mol. The number of nitrogens with zero attached hydrogens (tertiary/aromatic N) is 4. The van der Waals surface area contributed by atoms with Crippen LogP contribution >= 0.6 is 0 Å². The molecule has 4 aromatic rings. The first-order valence-corrected chi connectivity index (χ1v) is 13.5. The number of aromatic nitrogens is 2. The van der Waals surface area contributed by atoms with Crippen LogP contribution in [0.1, 0.15) is 12.8 Å². The molecule has 3 aromatic carbocycles. The van der Waals surface area contributed by atoms with Crippen molar-refractivity contribution in [3.05, 3.63) is 79.1 Å². The van der Waals surface area contributed by atoms with Gasteiger partial charge in [-0.3, -0.25) is 4.79 Å². The molecule has 0 unspecified atom stereocenters. The van der Waals surface area contributed by atoms with Crippen molar-refractivity contribution in [2.45, 2.75) is 18.9 Å². The highest BCUT2D eigenvalue weighted by Crippen LogP contribution is 2.34. The van der Waals surface area contributed by atoms with E-state index >= 15 is 0 Å². The molecule has 5 rings (SSSR count). The maximum Gasteiger partial charge on any atom is 0.247 e. The van der Waals surface area contributed by atoms with Crippen LogP contribution in [-0.4, -0.2) is 61.1 Å². The fourth-order valence-electron chi connectivity index (χ4n) is 5.00. The first-order valence-electron chi connectivity index (χ1n) is 13.5. The maximum atomic E-state index is 14.2. The Hall–Kier alpha value is -4.70. The fourth-order valence-corrected chi connectivity index (χ4v) is 5.00. The Bertz CT molecular complexity index is 1570. The predicted molar refractivity (Wildman–Crippen MR) is 163 cm³/mol. The van der Waals surface area contributed by atoms with Crippen LogP contribution in [-0.2, 0) is 4.79 Å². The van der Waals surface area contributed by atoms with Gasteiger partial charge >= 0.3 is 0 Å². The van der Waals surface area contributed by atoms with Crippen molar-refractivity contribution in [2.75, 3.05) is 55.1 Å². The van der Waals surface area contributed by atoms with Gasteiger partial charge in [0, 0.05) is 47.6 Å². The number of benzene rings is 3. The van der Waals surface area contributed by atoms with Gasteiger partial charge in [0.1, 0.15) is 17.4 Å². The minimum absolute atomic E-state index is 0.318. The molecule has 0 saturated carbocycles. The highest BCUT2D eigenvalue weighted by Gasteiger charge is 2.22. The molecule has 1 aromatic heterocycles. The summed E-state index contributed by atoms with van der Waals surface area (Å²) in [6.07, 6.45) is 3.42. The summed E-state index contributed by atoms with van der Waals surface area (Å²) in [6.45, 7) is 5.45. The highest BCUT2D eigenvalue weighted by atomic mass is 19.1. The summed E-state index contributed by atoms with van der Waals surface area (Å²) in [7, 11) is 5.91. The molecule has 1 aliphatic rings. The Morgan fingerprint density at radius 1 is 1.05 bits per heavy atom. The Labute approximate surface area is 239 Å². The lowest BCUT2D eigenvalue weighted by molar-refractivity contribution is -0.111. The SMILES string of the molecule is C=CC(=O)Nc1cccc(Nc2nc(Nc3ccc(N4CCC(N(C)C)CC4)cc3OC)nc3ccc(F)cc23)c1. The van der Waals surface area contributed by atoms with E-state index in [9.17, 15) is 9.18 Å². The Kier molecular flexibility index (Phi) is 8.30. The normalized spacial score (nSPS) is 13.7. The van der Waals surface area contributed by atoms with Gasteiger partial charge in [0.2, 0.25) is 11.9 Å². The fraction of sp³-hybridized carbons (Fsp3) is 0.258. The van der Waals surface area contributed by atoms with Gasteiger partial charge in [-0.05, 0) is 81.5 Å². The van der Waals surface area contributed by atoms with Gasteiger partial charge in [0.15, 0.2) is 0 Å². The predicted octanol–water partition coefficient (Wildman–Crippen LogP) is 5.92. The molecule has 1 saturated heterocycles.